The van der Waals surface area contributed by atoms with Gasteiger partial charge in [-0.05, 0) is 30.7 Å². The van der Waals surface area contributed by atoms with Gasteiger partial charge in [0.1, 0.15) is 5.75 Å². The van der Waals surface area contributed by atoms with E-state index in [1.807, 2.05) is 30.3 Å². The Balaban J connectivity index is 2.01. The molecule has 0 aromatic heterocycles. The summed E-state index contributed by atoms with van der Waals surface area (Å²) in [4.78, 5) is 35.3. The normalized spacial score (nSPS) is 10.3. The maximum Gasteiger partial charge on any atom is 0.273 e. The van der Waals surface area contributed by atoms with Gasteiger partial charge in [0, 0.05) is 24.8 Å². The Bertz CT molecular complexity index is 848. The number of carbonyl (C=O) groups excluding carboxylic acids is 3. The first kappa shape index (κ1) is 19.7. The molecule has 0 aliphatic carbocycles. The van der Waals surface area contributed by atoms with Crippen molar-refractivity contribution in [2.45, 2.75) is 13.8 Å². The minimum Gasteiger partial charge on any atom is -0.493 e. The summed E-state index contributed by atoms with van der Waals surface area (Å²) < 4.78 is 5.45. The first-order valence-electron chi connectivity index (χ1n) is 8.37. The minimum atomic E-state index is -0.533. The van der Waals surface area contributed by atoms with Gasteiger partial charge in [-0.2, -0.15) is 0 Å². The van der Waals surface area contributed by atoms with Gasteiger partial charge in [0.05, 0.1) is 12.2 Å². The lowest BCUT2D eigenvalue weighted by atomic mass is 10.1. The summed E-state index contributed by atoms with van der Waals surface area (Å²) in [5, 5.41) is 2.62. The van der Waals surface area contributed by atoms with Crippen LogP contribution in [0.2, 0.25) is 0 Å². The highest BCUT2D eigenvalue weighted by Gasteiger charge is 2.14. The summed E-state index contributed by atoms with van der Waals surface area (Å²) in [6.45, 7) is 3.51. The molecule has 0 fully saturated rings. The first-order chi connectivity index (χ1) is 13.0. The number of amides is 3. The number of anilines is 1. The number of nitrogens with one attached hydrogen (secondary N) is 3. The molecule has 140 valence electrons. The van der Waals surface area contributed by atoms with Crippen LogP contribution < -0.4 is 20.9 Å². The third-order valence-electron chi connectivity index (χ3n) is 3.37. The summed E-state index contributed by atoms with van der Waals surface area (Å²) in [6, 6.07) is 14.0. The van der Waals surface area contributed by atoms with Gasteiger partial charge in [0.25, 0.3) is 11.8 Å². The van der Waals surface area contributed by atoms with Crippen LogP contribution in [0.4, 0.5) is 5.69 Å². The Morgan fingerprint density at radius 1 is 1.04 bits per heavy atom. The molecule has 0 saturated heterocycles. The van der Waals surface area contributed by atoms with Crippen LogP contribution in [0.1, 0.15) is 29.8 Å². The smallest absolute Gasteiger partial charge is 0.273 e. The minimum absolute atomic E-state index is 0.230. The molecule has 0 bridgehead atoms. The van der Waals surface area contributed by atoms with Crippen molar-refractivity contribution in [3.8, 4) is 5.75 Å². The van der Waals surface area contributed by atoms with Crippen LogP contribution in [0.5, 0.6) is 5.75 Å². The van der Waals surface area contributed by atoms with Crippen molar-refractivity contribution < 1.29 is 19.1 Å². The van der Waals surface area contributed by atoms with E-state index in [9.17, 15) is 14.4 Å². The fourth-order valence-electron chi connectivity index (χ4n) is 2.23. The van der Waals surface area contributed by atoms with E-state index >= 15 is 0 Å². The Morgan fingerprint density at radius 3 is 2.44 bits per heavy atom. The number of hydrogen-bond donors (Lipinski definition) is 3. The molecule has 0 aliphatic heterocycles. The van der Waals surface area contributed by atoms with Crippen molar-refractivity contribution >= 4 is 29.5 Å². The summed E-state index contributed by atoms with van der Waals surface area (Å²) in [5.74, 6) is -0.934. The number of hydrogen-bond acceptors (Lipinski definition) is 4. The SMILES string of the molecule is CCOc1cc(NC(C)=O)ccc1C(=O)NNC(=O)C=Cc1ccccc1. The lowest BCUT2D eigenvalue weighted by molar-refractivity contribution is -0.117. The van der Waals surface area contributed by atoms with Crippen LogP contribution in [0, 0.1) is 0 Å². The van der Waals surface area contributed by atoms with Gasteiger partial charge in [-0.25, -0.2) is 0 Å². The predicted octanol–water partition coefficient (Wildman–Crippen LogP) is 2.52. The lowest BCUT2D eigenvalue weighted by Gasteiger charge is -2.12. The predicted molar refractivity (Wildman–Crippen MR) is 103 cm³/mol. The van der Waals surface area contributed by atoms with E-state index in [0.29, 0.717) is 18.0 Å². The standard InChI is InChI=1S/C20H21N3O4/c1-3-27-18-13-16(21-14(2)24)10-11-17(18)20(26)23-22-19(25)12-9-15-7-5-4-6-8-15/h4-13H,3H2,1-2H3,(H,21,24)(H,22,25)(H,23,26). The Labute approximate surface area is 157 Å². The molecule has 0 aliphatic rings. The van der Waals surface area contributed by atoms with Crippen LogP contribution in [0.3, 0.4) is 0 Å². The molecule has 7 nitrogen and oxygen atoms in total. The second-order valence-corrected chi connectivity index (χ2v) is 5.51. The molecule has 0 spiro atoms. The molecule has 0 saturated carbocycles. The molecule has 7 heteroatoms. The summed E-state index contributed by atoms with van der Waals surface area (Å²) >= 11 is 0. The molecule has 0 radical (unpaired) electrons. The van der Waals surface area contributed by atoms with Gasteiger partial charge in [0.15, 0.2) is 0 Å². The Hall–Kier alpha value is -3.61. The molecule has 0 heterocycles. The molecule has 2 aromatic carbocycles. The van der Waals surface area contributed by atoms with Crippen LogP contribution in [0.15, 0.2) is 54.6 Å². The van der Waals surface area contributed by atoms with Crippen LogP contribution >= 0.6 is 0 Å². The van der Waals surface area contributed by atoms with Gasteiger partial charge in [-0.1, -0.05) is 30.3 Å². The van der Waals surface area contributed by atoms with Gasteiger partial charge in [-0.15, -0.1) is 0 Å². The molecule has 0 unspecified atom stereocenters. The van der Waals surface area contributed by atoms with Crippen molar-refractivity contribution in [3.63, 3.8) is 0 Å². The fourth-order valence-corrected chi connectivity index (χ4v) is 2.23. The quantitative estimate of drug-likeness (QED) is 0.540. The second kappa shape index (κ2) is 9.76. The van der Waals surface area contributed by atoms with E-state index in [0.717, 1.165) is 5.56 Å². The molecule has 2 aromatic rings. The van der Waals surface area contributed by atoms with Gasteiger partial charge in [0.2, 0.25) is 5.91 Å². The fraction of sp³-hybridized carbons (Fsp3) is 0.150. The van der Waals surface area contributed by atoms with Crippen molar-refractivity contribution in [2.24, 2.45) is 0 Å². The second-order valence-electron chi connectivity index (χ2n) is 5.51. The maximum absolute atomic E-state index is 12.3. The first-order valence-corrected chi connectivity index (χ1v) is 8.37. The van der Waals surface area contributed by atoms with Crippen molar-refractivity contribution in [3.05, 3.63) is 65.7 Å². The average Bonchev–Trinajstić information content (AvgIpc) is 2.65. The zero-order valence-electron chi connectivity index (χ0n) is 15.1. The van der Waals surface area contributed by atoms with E-state index in [4.69, 9.17) is 4.74 Å². The van der Waals surface area contributed by atoms with Crippen LogP contribution in [0.25, 0.3) is 6.08 Å². The highest BCUT2D eigenvalue weighted by atomic mass is 16.5. The van der Waals surface area contributed by atoms with E-state index in [-0.39, 0.29) is 11.5 Å². The van der Waals surface area contributed by atoms with E-state index in [2.05, 4.69) is 16.2 Å². The summed E-state index contributed by atoms with van der Waals surface area (Å²) in [6.07, 6.45) is 2.95. The van der Waals surface area contributed by atoms with Gasteiger partial charge < -0.3 is 10.1 Å². The van der Waals surface area contributed by atoms with Crippen LogP contribution in [-0.2, 0) is 9.59 Å². The molecule has 2 rings (SSSR count). The average molecular weight is 367 g/mol. The monoisotopic (exact) mass is 367 g/mol. The zero-order chi connectivity index (χ0) is 19.6. The number of benzene rings is 2. The van der Waals surface area contributed by atoms with Gasteiger partial charge >= 0.3 is 0 Å². The molecular formula is C20H21N3O4. The largest absolute Gasteiger partial charge is 0.493 e. The summed E-state index contributed by atoms with van der Waals surface area (Å²) in [5.41, 5.74) is 6.27. The lowest BCUT2D eigenvalue weighted by Crippen LogP contribution is -2.40. The molecule has 27 heavy (non-hydrogen) atoms. The third-order valence-corrected chi connectivity index (χ3v) is 3.37. The van der Waals surface area contributed by atoms with Gasteiger partial charge in [-0.3, -0.25) is 25.2 Å². The number of hydrazine groups is 1. The highest BCUT2D eigenvalue weighted by molar-refractivity contribution is 6.00. The summed E-state index contributed by atoms with van der Waals surface area (Å²) in [7, 11) is 0. The molecular weight excluding hydrogens is 346 g/mol. The van der Waals surface area contributed by atoms with Crippen molar-refractivity contribution in [1.82, 2.24) is 10.9 Å². The van der Waals surface area contributed by atoms with Crippen molar-refractivity contribution in [1.29, 1.82) is 0 Å². The number of ether oxygens (including phenoxy) is 1. The Morgan fingerprint density at radius 2 is 1.78 bits per heavy atom. The van der Waals surface area contributed by atoms with E-state index < -0.39 is 11.8 Å². The third kappa shape index (κ3) is 6.32. The Kier molecular flexibility index (Phi) is 7.13. The number of rotatable bonds is 6. The zero-order valence-corrected chi connectivity index (χ0v) is 15.1. The maximum atomic E-state index is 12.3. The van der Waals surface area contributed by atoms with E-state index in [1.54, 1.807) is 25.1 Å². The number of carbonyl (C=O) groups is 3. The van der Waals surface area contributed by atoms with Crippen LogP contribution in [-0.4, -0.2) is 24.3 Å². The van der Waals surface area contributed by atoms with E-state index in [1.165, 1.54) is 19.1 Å². The molecule has 3 N–H and O–H groups in total. The van der Waals surface area contributed by atoms with Crippen molar-refractivity contribution in [2.75, 3.05) is 11.9 Å². The topological polar surface area (TPSA) is 96.5 Å². The molecule has 0 atom stereocenters. The highest BCUT2D eigenvalue weighted by Crippen LogP contribution is 2.23. The molecule has 3 amide bonds.